The van der Waals surface area contributed by atoms with E-state index in [0.29, 0.717) is 11.1 Å². The molecule has 104 valence electrons. The second-order valence-corrected chi connectivity index (χ2v) is 4.87. The van der Waals surface area contributed by atoms with Crippen molar-refractivity contribution in [3.05, 3.63) is 64.1 Å². The molecule has 0 aliphatic rings. The fourth-order valence-corrected chi connectivity index (χ4v) is 2.03. The van der Waals surface area contributed by atoms with E-state index in [-0.39, 0.29) is 11.5 Å². The first-order chi connectivity index (χ1) is 9.35. The minimum absolute atomic E-state index is 0.227. The minimum atomic E-state index is -4.71. The van der Waals surface area contributed by atoms with Crippen molar-refractivity contribution in [1.82, 2.24) is 0 Å². The number of benzene rings is 2. The van der Waals surface area contributed by atoms with Gasteiger partial charge in [0.2, 0.25) is 0 Å². The first-order valence-corrected chi connectivity index (χ1v) is 6.35. The molecular weight excluding hydrogens is 335 g/mol. The third-order valence-electron chi connectivity index (χ3n) is 2.49. The Hall–Kier alpha value is -1.82. The molecule has 0 spiro atoms. The highest BCUT2D eigenvalue weighted by atomic mass is 79.9. The Morgan fingerprint density at radius 1 is 1.00 bits per heavy atom. The second-order valence-electron chi connectivity index (χ2n) is 3.96. The first kappa shape index (κ1) is 14.6. The number of rotatable bonds is 3. The Morgan fingerprint density at radius 3 is 2.20 bits per heavy atom. The molecule has 0 fully saturated rings. The molecule has 2 nitrogen and oxygen atoms in total. The average Bonchev–Trinajstić information content (AvgIpc) is 2.37. The molecule has 0 amide bonds. The molecule has 0 saturated heterocycles. The number of halogens is 4. The molecule has 0 bridgehead atoms. The van der Waals surface area contributed by atoms with E-state index in [0.717, 1.165) is 4.47 Å². The molecule has 0 atom stereocenters. The lowest BCUT2D eigenvalue weighted by Crippen LogP contribution is -2.17. The molecule has 2 aromatic carbocycles. The predicted octanol–water partition coefficient (Wildman–Crippen LogP) is 4.76. The highest BCUT2D eigenvalue weighted by Gasteiger charge is 2.30. The number of alkyl halides is 3. The Bertz CT molecular complexity index is 623. The molecule has 0 heterocycles. The molecule has 0 unspecified atom stereocenters. The Morgan fingerprint density at radius 2 is 1.65 bits per heavy atom. The molecule has 2 aromatic rings. The maximum atomic E-state index is 12.0. The van der Waals surface area contributed by atoms with Gasteiger partial charge in [-0.05, 0) is 36.4 Å². The van der Waals surface area contributed by atoms with Crippen LogP contribution < -0.4 is 4.74 Å². The monoisotopic (exact) mass is 343 g/mol. The van der Waals surface area contributed by atoms with Gasteiger partial charge in [-0.15, -0.1) is 13.2 Å². The lowest BCUT2D eigenvalue weighted by molar-refractivity contribution is -0.274. The van der Waals surface area contributed by atoms with Crippen LogP contribution in [-0.4, -0.2) is 12.1 Å². The lowest BCUT2D eigenvalue weighted by atomic mass is 10.0. The quantitative estimate of drug-likeness (QED) is 0.800. The number of nitrogens with one attached hydrogen (secondary N) is 1. The molecule has 20 heavy (non-hydrogen) atoms. The molecule has 0 aromatic heterocycles. The van der Waals surface area contributed by atoms with Gasteiger partial charge in [0.25, 0.3) is 0 Å². The van der Waals surface area contributed by atoms with Gasteiger partial charge in [0.05, 0.1) is 5.71 Å². The number of hydrogen-bond acceptors (Lipinski definition) is 2. The van der Waals surface area contributed by atoms with Crippen LogP contribution in [0.2, 0.25) is 0 Å². The highest BCUT2D eigenvalue weighted by molar-refractivity contribution is 9.10. The van der Waals surface area contributed by atoms with Crippen molar-refractivity contribution < 1.29 is 17.9 Å². The fraction of sp³-hybridized carbons (Fsp3) is 0.0714. The third-order valence-corrected chi connectivity index (χ3v) is 2.98. The van der Waals surface area contributed by atoms with Crippen LogP contribution in [0.15, 0.2) is 53.0 Å². The first-order valence-electron chi connectivity index (χ1n) is 5.56. The maximum Gasteiger partial charge on any atom is 0.573 e. The van der Waals surface area contributed by atoms with Gasteiger partial charge in [0, 0.05) is 15.6 Å². The predicted molar refractivity (Wildman–Crippen MR) is 73.2 cm³/mol. The Kier molecular flexibility index (Phi) is 4.13. The van der Waals surface area contributed by atoms with E-state index in [9.17, 15) is 13.2 Å². The normalized spacial score (nSPS) is 11.2. The topological polar surface area (TPSA) is 33.1 Å². The van der Waals surface area contributed by atoms with Crippen molar-refractivity contribution in [2.45, 2.75) is 6.36 Å². The van der Waals surface area contributed by atoms with Gasteiger partial charge in [0.1, 0.15) is 5.75 Å². The summed E-state index contributed by atoms with van der Waals surface area (Å²) in [5, 5.41) is 8.03. The summed E-state index contributed by atoms with van der Waals surface area (Å²) in [6.45, 7) is 0. The van der Waals surface area contributed by atoms with Crippen LogP contribution in [-0.2, 0) is 0 Å². The van der Waals surface area contributed by atoms with Gasteiger partial charge in [0.15, 0.2) is 0 Å². The second kappa shape index (κ2) is 5.66. The van der Waals surface area contributed by atoms with Gasteiger partial charge in [-0.3, -0.25) is 5.41 Å². The van der Waals surface area contributed by atoms with E-state index < -0.39 is 6.36 Å². The zero-order valence-electron chi connectivity index (χ0n) is 10.0. The Labute approximate surface area is 121 Å². The van der Waals surface area contributed by atoms with Gasteiger partial charge in [-0.2, -0.15) is 0 Å². The highest BCUT2D eigenvalue weighted by Crippen LogP contribution is 2.23. The molecule has 0 aliphatic heterocycles. The maximum absolute atomic E-state index is 12.0. The minimum Gasteiger partial charge on any atom is -0.406 e. The number of ether oxygens (including phenoxy) is 1. The molecule has 2 rings (SSSR count). The summed E-state index contributed by atoms with van der Waals surface area (Å²) in [5.41, 5.74) is 1.41. The zero-order chi connectivity index (χ0) is 14.8. The largest absolute Gasteiger partial charge is 0.573 e. The molecule has 0 radical (unpaired) electrons. The van der Waals surface area contributed by atoms with E-state index in [1.54, 1.807) is 18.2 Å². The van der Waals surface area contributed by atoms with E-state index in [1.165, 1.54) is 24.3 Å². The van der Waals surface area contributed by atoms with E-state index in [1.807, 2.05) is 6.07 Å². The van der Waals surface area contributed by atoms with Crippen LogP contribution >= 0.6 is 15.9 Å². The van der Waals surface area contributed by atoms with Crippen LogP contribution in [0.3, 0.4) is 0 Å². The smallest absolute Gasteiger partial charge is 0.406 e. The summed E-state index contributed by atoms with van der Waals surface area (Å²) >= 11 is 3.31. The molecule has 6 heteroatoms. The van der Waals surface area contributed by atoms with E-state index >= 15 is 0 Å². The summed E-state index contributed by atoms with van der Waals surface area (Å²) in [5.74, 6) is -0.303. The van der Waals surface area contributed by atoms with Gasteiger partial charge in [-0.1, -0.05) is 28.1 Å². The van der Waals surface area contributed by atoms with Crippen molar-refractivity contribution in [2.75, 3.05) is 0 Å². The molecule has 1 N–H and O–H groups in total. The number of hydrogen-bond donors (Lipinski definition) is 1. The summed E-state index contributed by atoms with van der Waals surface area (Å²) < 4.78 is 40.7. The van der Waals surface area contributed by atoms with E-state index in [4.69, 9.17) is 5.41 Å². The van der Waals surface area contributed by atoms with Gasteiger partial charge in [-0.25, -0.2) is 0 Å². The summed E-state index contributed by atoms with van der Waals surface area (Å²) in [6, 6.07) is 12.4. The molecule has 0 aliphatic carbocycles. The van der Waals surface area contributed by atoms with Crippen molar-refractivity contribution in [3.8, 4) is 5.75 Å². The van der Waals surface area contributed by atoms with Crippen molar-refractivity contribution in [3.63, 3.8) is 0 Å². The van der Waals surface area contributed by atoms with Crippen LogP contribution in [0.25, 0.3) is 0 Å². The van der Waals surface area contributed by atoms with Gasteiger partial charge < -0.3 is 4.74 Å². The lowest BCUT2D eigenvalue weighted by Gasteiger charge is -2.10. The van der Waals surface area contributed by atoms with Crippen LogP contribution in [0, 0.1) is 5.41 Å². The molecule has 0 saturated carbocycles. The van der Waals surface area contributed by atoms with Crippen molar-refractivity contribution in [1.29, 1.82) is 5.41 Å². The summed E-state index contributed by atoms with van der Waals surface area (Å²) in [6.07, 6.45) is -4.71. The van der Waals surface area contributed by atoms with Crippen LogP contribution in [0.4, 0.5) is 13.2 Å². The Balaban J connectivity index is 2.20. The third kappa shape index (κ3) is 3.84. The fourth-order valence-electron chi connectivity index (χ4n) is 1.63. The standard InChI is InChI=1S/C14H9BrF3NO/c15-11-3-1-2-10(8-11)13(19)9-4-6-12(7-5-9)20-14(16,17)18/h1-8,19H. The average molecular weight is 344 g/mol. The van der Waals surface area contributed by atoms with Crippen LogP contribution in [0.5, 0.6) is 5.75 Å². The van der Waals surface area contributed by atoms with E-state index in [2.05, 4.69) is 20.7 Å². The van der Waals surface area contributed by atoms with Crippen LogP contribution in [0.1, 0.15) is 11.1 Å². The van der Waals surface area contributed by atoms with Crippen molar-refractivity contribution >= 4 is 21.6 Å². The molecular formula is C14H9BrF3NO. The van der Waals surface area contributed by atoms with Gasteiger partial charge >= 0.3 is 6.36 Å². The van der Waals surface area contributed by atoms with Crippen molar-refractivity contribution in [2.24, 2.45) is 0 Å². The summed E-state index contributed by atoms with van der Waals surface area (Å²) in [4.78, 5) is 0. The SMILES string of the molecule is N=C(c1ccc(OC(F)(F)F)cc1)c1cccc(Br)c1. The zero-order valence-corrected chi connectivity index (χ0v) is 11.6. The summed E-state index contributed by atoms with van der Waals surface area (Å²) in [7, 11) is 0.